The molecule has 0 unspecified atom stereocenters. The summed E-state index contributed by atoms with van der Waals surface area (Å²) in [6.07, 6.45) is 6.22. The molecule has 4 amide bonds. The van der Waals surface area contributed by atoms with Crippen LogP contribution in [0.2, 0.25) is 0 Å². The molecule has 168 valence electrons. The average Bonchev–Trinajstić information content (AvgIpc) is 3.22. The first kappa shape index (κ1) is 22.9. The van der Waals surface area contributed by atoms with E-state index in [1.54, 1.807) is 17.0 Å². The molecule has 0 aliphatic carbocycles. The second-order valence-corrected chi connectivity index (χ2v) is 7.64. The minimum Gasteiger partial charge on any atom is -0.343 e. The summed E-state index contributed by atoms with van der Waals surface area (Å²) in [6, 6.07) is 11.0. The molecule has 2 heterocycles. The summed E-state index contributed by atoms with van der Waals surface area (Å²) in [5.74, 6) is -2.20. The maximum Gasteiger partial charge on any atom is 0.257 e. The largest absolute Gasteiger partial charge is 0.343 e. The summed E-state index contributed by atoms with van der Waals surface area (Å²) in [5.41, 5.74) is 6.90. The lowest BCUT2D eigenvalue weighted by atomic mass is 10.1. The van der Waals surface area contributed by atoms with Gasteiger partial charge in [0.15, 0.2) is 0 Å². The average molecular weight is 438 g/mol. The van der Waals surface area contributed by atoms with E-state index in [1.165, 1.54) is 18.0 Å². The van der Waals surface area contributed by atoms with Gasteiger partial charge >= 0.3 is 0 Å². The van der Waals surface area contributed by atoms with Gasteiger partial charge in [-0.2, -0.15) is 0 Å². The molecule has 0 radical (unpaired) electrons. The number of amides is 4. The molecule has 9 nitrogen and oxygen atoms in total. The Morgan fingerprint density at radius 3 is 2.59 bits per heavy atom. The Hall–Kier alpha value is -3.75. The molecule has 1 aliphatic rings. The van der Waals surface area contributed by atoms with Gasteiger partial charge in [0.1, 0.15) is 0 Å². The zero-order valence-electron chi connectivity index (χ0n) is 18.0. The quantitative estimate of drug-likeness (QED) is 0.539. The molecule has 1 aromatic carbocycles. The van der Waals surface area contributed by atoms with Crippen molar-refractivity contribution in [1.29, 1.82) is 0 Å². The number of carbonyl (C=O) groups excluding carboxylic acids is 4. The molecule has 1 atom stereocenters. The van der Waals surface area contributed by atoms with Crippen molar-refractivity contribution < 1.29 is 19.2 Å². The van der Waals surface area contributed by atoms with Gasteiger partial charge in [-0.25, -0.2) is 0 Å². The fraction of sp³-hybridized carbons (Fsp3) is 0.348. The van der Waals surface area contributed by atoms with Gasteiger partial charge in [0.05, 0.1) is 18.0 Å². The van der Waals surface area contributed by atoms with Crippen molar-refractivity contribution in [3.63, 3.8) is 0 Å². The smallest absolute Gasteiger partial charge is 0.257 e. The van der Waals surface area contributed by atoms with Gasteiger partial charge in [-0.05, 0) is 42.7 Å². The number of aryl methyl sites for hydroxylation is 1. The molecule has 1 saturated heterocycles. The standard InChI is InChI=1S/C23H27N5O4/c1-2-3-5-16-7-9-19(10-8-16)28-15-18(12-21(28)30)23(32)27-26-20(29)14-25-22(31)17-6-4-11-24-13-17/h4,6-11,13,18H,2-3,5,12,14-15H2,1H3,(H,25,31)(H,26,29)(H,27,32)/t18-/m0/s1. The van der Waals surface area contributed by atoms with E-state index in [2.05, 4.69) is 28.1 Å². The Labute approximate surface area is 186 Å². The summed E-state index contributed by atoms with van der Waals surface area (Å²) in [6.45, 7) is 2.07. The second kappa shape index (κ2) is 11.0. The lowest BCUT2D eigenvalue weighted by molar-refractivity contribution is -0.131. The van der Waals surface area contributed by atoms with Gasteiger partial charge in [-0.1, -0.05) is 25.5 Å². The number of pyridine rings is 1. The number of benzene rings is 1. The molecule has 1 aromatic heterocycles. The summed E-state index contributed by atoms with van der Waals surface area (Å²) in [5, 5.41) is 2.44. The highest BCUT2D eigenvalue weighted by atomic mass is 16.2. The van der Waals surface area contributed by atoms with Crippen molar-refractivity contribution in [3.8, 4) is 0 Å². The van der Waals surface area contributed by atoms with Crippen LogP contribution in [0.15, 0.2) is 48.8 Å². The number of nitrogens with zero attached hydrogens (tertiary/aromatic N) is 2. The van der Waals surface area contributed by atoms with Gasteiger partial charge in [0.25, 0.3) is 11.8 Å². The summed E-state index contributed by atoms with van der Waals surface area (Å²) >= 11 is 0. The molecule has 0 bridgehead atoms. The van der Waals surface area contributed by atoms with E-state index in [4.69, 9.17) is 0 Å². The number of carbonyl (C=O) groups is 4. The normalized spacial score (nSPS) is 15.3. The lowest BCUT2D eigenvalue weighted by Crippen LogP contribution is -2.48. The molecule has 1 fully saturated rings. The summed E-state index contributed by atoms with van der Waals surface area (Å²) < 4.78 is 0. The third-order valence-electron chi connectivity index (χ3n) is 5.22. The first-order chi connectivity index (χ1) is 15.5. The minimum absolute atomic E-state index is 0.0665. The maximum absolute atomic E-state index is 12.4. The van der Waals surface area contributed by atoms with Crippen LogP contribution < -0.4 is 21.1 Å². The Morgan fingerprint density at radius 1 is 1.12 bits per heavy atom. The topological polar surface area (TPSA) is 120 Å². The first-order valence-electron chi connectivity index (χ1n) is 10.6. The third kappa shape index (κ3) is 6.13. The number of hydrazine groups is 1. The molecular formula is C23H27N5O4. The summed E-state index contributed by atoms with van der Waals surface area (Å²) in [7, 11) is 0. The SMILES string of the molecule is CCCCc1ccc(N2C[C@@H](C(=O)NNC(=O)CNC(=O)c3cccnc3)CC2=O)cc1. The number of rotatable bonds is 8. The highest BCUT2D eigenvalue weighted by molar-refractivity contribution is 6.00. The van der Waals surface area contributed by atoms with E-state index < -0.39 is 23.6 Å². The molecule has 0 saturated carbocycles. The van der Waals surface area contributed by atoms with Crippen LogP contribution in [-0.4, -0.2) is 41.7 Å². The molecular weight excluding hydrogens is 410 g/mol. The van der Waals surface area contributed by atoms with Gasteiger partial charge in [-0.15, -0.1) is 0 Å². The number of aromatic nitrogens is 1. The van der Waals surface area contributed by atoms with Crippen molar-refractivity contribution >= 4 is 29.3 Å². The van der Waals surface area contributed by atoms with Crippen LogP contribution in [0.25, 0.3) is 0 Å². The number of anilines is 1. The Bertz CT molecular complexity index is 962. The summed E-state index contributed by atoms with van der Waals surface area (Å²) in [4.78, 5) is 54.1. The fourth-order valence-corrected chi connectivity index (χ4v) is 3.39. The molecule has 9 heteroatoms. The number of nitrogens with one attached hydrogen (secondary N) is 3. The van der Waals surface area contributed by atoms with Crippen LogP contribution in [0.1, 0.15) is 42.1 Å². The number of hydrogen-bond acceptors (Lipinski definition) is 5. The first-order valence-corrected chi connectivity index (χ1v) is 10.6. The van der Waals surface area contributed by atoms with Gasteiger partial charge in [0.2, 0.25) is 11.8 Å². The van der Waals surface area contributed by atoms with E-state index in [9.17, 15) is 19.2 Å². The van der Waals surface area contributed by atoms with Crippen molar-refractivity contribution in [2.45, 2.75) is 32.6 Å². The van der Waals surface area contributed by atoms with Crippen LogP contribution in [0.3, 0.4) is 0 Å². The predicted molar refractivity (Wildman–Crippen MR) is 118 cm³/mol. The zero-order valence-corrected chi connectivity index (χ0v) is 18.0. The predicted octanol–water partition coefficient (Wildman–Crippen LogP) is 1.35. The molecule has 1 aliphatic heterocycles. The van der Waals surface area contributed by atoms with E-state index in [1.807, 2.05) is 24.3 Å². The van der Waals surface area contributed by atoms with Crippen molar-refractivity contribution in [3.05, 3.63) is 59.9 Å². The van der Waals surface area contributed by atoms with Gasteiger partial charge in [0, 0.05) is 31.0 Å². The second-order valence-electron chi connectivity index (χ2n) is 7.64. The Balaban J connectivity index is 1.44. The van der Waals surface area contributed by atoms with Gasteiger partial charge in [-0.3, -0.25) is 35.0 Å². The zero-order chi connectivity index (χ0) is 22.9. The molecule has 2 aromatic rings. The van der Waals surface area contributed by atoms with E-state index >= 15 is 0 Å². The molecule has 3 N–H and O–H groups in total. The van der Waals surface area contributed by atoms with Crippen molar-refractivity contribution in [2.24, 2.45) is 5.92 Å². The van der Waals surface area contributed by atoms with Crippen molar-refractivity contribution in [1.82, 2.24) is 21.2 Å². The lowest BCUT2D eigenvalue weighted by Gasteiger charge is -2.17. The monoisotopic (exact) mass is 437 g/mol. The maximum atomic E-state index is 12.4. The highest BCUT2D eigenvalue weighted by Gasteiger charge is 2.35. The van der Waals surface area contributed by atoms with Crippen LogP contribution in [-0.2, 0) is 20.8 Å². The molecule has 32 heavy (non-hydrogen) atoms. The van der Waals surface area contributed by atoms with Crippen LogP contribution in [0.4, 0.5) is 5.69 Å². The Morgan fingerprint density at radius 2 is 1.91 bits per heavy atom. The van der Waals surface area contributed by atoms with Crippen LogP contribution >= 0.6 is 0 Å². The fourth-order valence-electron chi connectivity index (χ4n) is 3.39. The van der Waals surface area contributed by atoms with Gasteiger partial charge < -0.3 is 10.2 Å². The van der Waals surface area contributed by atoms with Crippen LogP contribution in [0.5, 0.6) is 0 Å². The number of hydrogen-bond donors (Lipinski definition) is 3. The van der Waals surface area contributed by atoms with E-state index in [0.29, 0.717) is 5.56 Å². The third-order valence-corrected chi connectivity index (χ3v) is 5.22. The Kier molecular flexibility index (Phi) is 7.91. The highest BCUT2D eigenvalue weighted by Crippen LogP contribution is 2.25. The van der Waals surface area contributed by atoms with Crippen LogP contribution in [0, 0.1) is 5.92 Å². The van der Waals surface area contributed by atoms with E-state index in [-0.39, 0.29) is 25.4 Å². The van der Waals surface area contributed by atoms with E-state index in [0.717, 1.165) is 24.9 Å². The van der Waals surface area contributed by atoms with Crippen molar-refractivity contribution in [2.75, 3.05) is 18.0 Å². The number of unbranched alkanes of at least 4 members (excludes halogenated alkanes) is 1. The minimum atomic E-state index is -0.584. The molecule has 3 rings (SSSR count). The molecule has 0 spiro atoms.